The molecule has 0 saturated carbocycles. The van der Waals surface area contributed by atoms with E-state index >= 15 is 0 Å². The number of rotatable bonds is 8. The Kier molecular flexibility index (Phi) is 6.08. The molecule has 1 unspecified atom stereocenters. The van der Waals surface area contributed by atoms with Crippen molar-refractivity contribution < 1.29 is 9.47 Å². The van der Waals surface area contributed by atoms with E-state index in [4.69, 9.17) is 9.47 Å². The SMILES string of the molecule is CCCC(NCc1cc(OC)ccc1OC)c1cccs1. The van der Waals surface area contributed by atoms with Crippen molar-refractivity contribution in [3.05, 3.63) is 46.2 Å². The molecule has 114 valence electrons. The fourth-order valence-electron chi connectivity index (χ4n) is 2.38. The molecule has 21 heavy (non-hydrogen) atoms. The third-order valence-corrected chi connectivity index (χ3v) is 4.48. The molecule has 3 nitrogen and oxygen atoms in total. The minimum absolute atomic E-state index is 0.394. The van der Waals surface area contributed by atoms with Crippen molar-refractivity contribution >= 4 is 11.3 Å². The van der Waals surface area contributed by atoms with Crippen LogP contribution in [0.3, 0.4) is 0 Å². The van der Waals surface area contributed by atoms with Gasteiger partial charge in [-0.15, -0.1) is 11.3 Å². The highest BCUT2D eigenvalue weighted by molar-refractivity contribution is 7.10. The number of hydrogen-bond acceptors (Lipinski definition) is 4. The Balaban J connectivity index is 2.09. The standard InChI is InChI=1S/C17H23NO2S/c1-4-6-15(17-7-5-10-21-17)18-12-13-11-14(19-2)8-9-16(13)20-3/h5,7-11,15,18H,4,6,12H2,1-3H3. The van der Waals surface area contributed by atoms with Gasteiger partial charge in [0.2, 0.25) is 0 Å². The molecule has 0 amide bonds. The normalized spacial score (nSPS) is 12.1. The van der Waals surface area contributed by atoms with Crippen molar-refractivity contribution in [3.8, 4) is 11.5 Å². The van der Waals surface area contributed by atoms with E-state index in [0.717, 1.165) is 36.4 Å². The molecule has 1 aromatic heterocycles. The Labute approximate surface area is 130 Å². The summed E-state index contributed by atoms with van der Waals surface area (Å²) in [6, 6.07) is 10.6. The van der Waals surface area contributed by atoms with E-state index in [1.807, 2.05) is 18.2 Å². The van der Waals surface area contributed by atoms with Crippen LogP contribution in [0.15, 0.2) is 35.7 Å². The maximum atomic E-state index is 5.43. The maximum absolute atomic E-state index is 5.43. The van der Waals surface area contributed by atoms with Gasteiger partial charge >= 0.3 is 0 Å². The quantitative estimate of drug-likeness (QED) is 0.784. The first-order valence-corrected chi connectivity index (χ1v) is 8.14. The molecule has 0 bridgehead atoms. The summed E-state index contributed by atoms with van der Waals surface area (Å²) < 4.78 is 10.7. The first-order chi connectivity index (χ1) is 10.3. The summed E-state index contributed by atoms with van der Waals surface area (Å²) in [6.45, 7) is 2.98. The van der Waals surface area contributed by atoms with Crippen LogP contribution in [0.4, 0.5) is 0 Å². The van der Waals surface area contributed by atoms with Crippen LogP contribution in [0, 0.1) is 0 Å². The van der Waals surface area contributed by atoms with E-state index < -0.39 is 0 Å². The van der Waals surface area contributed by atoms with Crippen molar-refractivity contribution in [2.45, 2.75) is 32.4 Å². The van der Waals surface area contributed by atoms with Gasteiger partial charge in [0.1, 0.15) is 11.5 Å². The van der Waals surface area contributed by atoms with Crippen LogP contribution in [-0.2, 0) is 6.54 Å². The Morgan fingerprint density at radius 2 is 2.05 bits per heavy atom. The molecule has 0 aliphatic carbocycles. The third-order valence-electron chi connectivity index (χ3n) is 3.49. The van der Waals surface area contributed by atoms with Crippen LogP contribution in [0.5, 0.6) is 11.5 Å². The lowest BCUT2D eigenvalue weighted by molar-refractivity contribution is 0.394. The van der Waals surface area contributed by atoms with Crippen molar-refractivity contribution in [3.63, 3.8) is 0 Å². The maximum Gasteiger partial charge on any atom is 0.123 e. The molecule has 0 radical (unpaired) electrons. The average molecular weight is 305 g/mol. The zero-order valence-corrected chi connectivity index (χ0v) is 13.7. The monoisotopic (exact) mass is 305 g/mol. The molecule has 1 heterocycles. The van der Waals surface area contributed by atoms with E-state index in [2.05, 4.69) is 29.8 Å². The molecule has 1 atom stereocenters. The highest BCUT2D eigenvalue weighted by Gasteiger charge is 2.13. The predicted molar refractivity (Wildman–Crippen MR) is 88.4 cm³/mol. The highest BCUT2D eigenvalue weighted by atomic mass is 32.1. The average Bonchev–Trinajstić information content (AvgIpc) is 3.05. The molecule has 1 N–H and O–H groups in total. The molecule has 1 aromatic carbocycles. The van der Waals surface area contributed by atoms with E-state index in [1.165, 1.54) is 4.88 Å². The molecule has 0 fully saturated rings. The number of methoxy groups -OCH3 is 2. The van der Waals surface area contributed by atoms with Crippen molar-refractivity contribution in [2.24, 2.45) is 0 Å². The van der Waals surface area contributed by atoms with Crippen molar-refractivity contribution in [2.75, 3.05) is 14.2 Å². The number of thiophene rings is 1. The third kappa shape index (κ3) is 4.22. The lowest BCUT2D eigenvalue weighted by Gasteiger charge is -2.18. The topological polar surface area (TPSA) is 30.5 Å². The second-order valence-corrected chi connectivity index (χ2v) is 5.89. The summed E-state index contributed by atoms with van der Waals surface area (Å²) in [4.78, 5) is 1.39. The zero-order valence-electron chi connectivity index (χ0n) is 12.9. The summed E-state index contributed by atoms with van der Waals surface area (Å²) in [7, 11) is 3.39. The van der Waals surface area contributed by atoms with Gasteiger partial charge in [-0.05, 0) is 36.1 Å². The fourth-order valence-corrected chi connectivity index (χ4v) is 3.21. The van der Waals surface area contributed by atoms with Crippen LogP contribution in [-0.4, -0.2) is 14.2 Å². The van der Waals surface area contributed by atoms with Crippen LogP contribution >= 0.6 is 11.3 Å². The number of benzene rings is 1. The van der Waals surface area contributed by atoms with Gasteiger partial charge in [-0.1, -0.05) is 19.4 Å². The summed E-state index contributed by atoms with van der Waals surface area (Å²) in [5.74, 6) is 1.75. The first kappa shape index (κ1) is 15.9. The zero-order chi connectivity index (χ0) is 15.1. The predicted octanol–water partition coefficient (Wildman–Crippen LogP) is 4.40. The molecule has 2 aromatic rings. The van der Waals surface area contributed by atoms with Gasteiger partial charge in [0, 0.05) is 23.0 Å². The Hall–Kier alpha value is -1.52. The summed E-state index contributed by atoms with van der Waals surface area (Å²) >= 11 is 1.81. The fraction of sp³-hybridized carbons (Fsp3) is 0.412. The minimum Gasteiger partial charge on any atom is -0.497 e. The van der Waals surface area contributed by atoms with Gasteiger partial charge in [0.25, 0.3) is 0 Å². The second-order valence-electron chi connectivity index (χ2n) is 4.92. The molecule has 0 spiro atoms. The van der Waals surface area contributed by atoms with Gasteiger partial charge in [0.05, 0.1) is 14.2 Å². The summed E-state index contributed by atoms with van der Waals surface area (Å²) in [5, 5.41) is 5.77. The molecular weight excluding hydrogens is 282 g/mol. The minimum atomic E-state index is 0.394. The van der Waals surface area contributed by atoms with Gasteiger partial charge < -0.3 is 14.8 Å². The molecular formula is C17H23NO2S. The molecule has 4 heteroatoms. The van der Waals surface area contributed by atoms with Gasteiger partial charge in [0.15, 0.2) is 0 Å². The second kappa shape index (κ2) is 8.05. The molecule has 2 rings (SSSR count). The largest absolute Gasteiger partial charge is 0.497 e. The van der Waals surface area contributed by atoms with Crippen LogP contribution < -0.4 is 14.8 Å². The van der Waals surface area contributed by atoms with Crippen LogP contribution in [0.1, 0.15) is 36.2 Å². The van der Waals surface area contributed by atoms with Crippen molar-refractivity contribution in [1.82, 2.24) is 5.32 Å². The van der Waals surface area contributed by atoms with Gasteiger partial charge in [-0.25, -0.2) is 0 Å². The number of ether oxygens (including phenoxy) is 2. The highest BCUT2D eigenvalue weighted by Crippen LogP contribution is 2.27. The molecule has 0 aliphatic heterocycles. The Bertz CT molecular complexity index is 540. The summed E-state index contributed by atoms with van der Waals surface area (Å²) in [6.07, 6.45) is 2.29. The number of hydrogen-bond donors (Lipinski definition) is 1. The first-order valence-electron chi connectivity index (χ1n) is 7.26. The number of nitrogens with one attached hydrogen (secondary N) is 1. The Morgan fingerprint density at radius 3 is 2.67 bits per heavy atom. The van der Waals surface area contributed by atoms with E-state index in [-0.39, 0.29) is 0 Å². The Morgan fingerprint density at radius 1 is 1.19 bits per heavy atom. The lowest BCUT2D eigenvalue weighted by atomic mass is 10.1. The summed E-state index contributed by atoms with van der Waals surface area (Å²) in [5.41, 5.74) is 1.12. The van der Waals surface area contributed by atoms with Crippen molar-refractivity contribution in [1.29, 1.82) is 0 Å². The molecule has 0 aliphatic rings. The molecule has 0 saturated heterocycles. The lowest BCUT2D eigenvalue weighted by Crippen LogP contribution is -2.20. The van der Waals surface area contributed by atoms with E-state index in [0.29, 0.717) is 6.04 Å². The van der Waals surface area contributed by atoms with Gasteiger partial charge in [-0.3, -0.25) is 0 Å². The van der Waals surface area contributed by atoms with Crippen LogP contribution in [0.25, 0.3) is 0 Å². The van der Waals surface area contributed by atoms with E-state index in [1.54, 1.807) is 25.6 Å². The van der Waals surface area contributed by atoms with Crippen LogP contribution in [0.2, 0.25) is 0 Å². The van der Waals surface area contributed by atoms with Gasteiger partial charge in [-0.2, -0.15) is 0 Å². The van der Waals surface area contributed by atoms with E-state index in [9.17, 15) is 0 Å². The smallest absolute Gasteiger partial charge is 0.123 e.